The highest BCUT2D eigenvalue weighted by Gasteiger charge is 2.19. The first-order valence-electron chi connectivity index (χ1n) is 5.68. The van der Waals surface area contributed by atoms with E-state index in [-0.39, 0.29) is 5.54 Å². The van der Waals surface area contributed by atoms with Gasteiger partial charge in [0.05, 0.1) is 11.8 Å². The van der Waals surface area contributed by atoms with Crippen molar-refractivity contribution in [2.45, 2.75) is 26.3 Å². The average Bonchev–Trinajstić information content (AvgIpc) is 2.68. The molecule has 1 heterocycles. The second-order valence-corrected chi connectivity index (χ2v) is 4.96. The fraction of sp³-hybridized carbons (Fsp3) is 0.308. The van der Waals surface area contributed by atoms with Crippen molar-refractivity contribution >= 4 is 6.21 Å². The van der Waals surface area contributed by atoms with Gasteiger partial charge in [-0.15, -0.1) is 0 Å². The van der Waals surface area contributed by atoms with E-state index in [1.807, 2.05) is 51.1 Å². The summed E-state index contributed by atoms with van der Waals surface area (Å²) < 4.78 is 4.64. The summed E-state index contributed by atoms with van der Waals surface area (Å²) >= 11 is 0. The van der Waals surface area contributed by atoms with Crippen molar-refractivity contribution in [2.24, 2.45) is 4.99 Å². The molecule has 0 unspecified atom stereocenters. The van der Waals surface area contributed by atoms with Crippen LogP contribution in [0.2, 0.25) is 0 Å². The molecule has 0 atom stereocenters. The highest BCUT2D eigenvalue weighted by Crippen LogP contribution is 2.18. The summed E-state index contributed by atoms with van der Waals surface area (Å²) in [6.45, 7) is 5.86. The molecule has 1 aromatic carbocycles. The Morgan fingerprint density at radius 1 is 1.28 bits per heavy atom. The lowest BCUT2D eigenvalue weighted by Gasteiger charge is -2.09. The van der Waals surface area contributed by atoms with Crippen LogP contribution in [0.25, 0.3) is 11.3 Å². The summed E-state index contributed by atoms with van der Waals surface area (Å²) in [5.41, 5.74) is 1.39. The van der Waals surface area contributed by atoms with Crippen LogP contribution in [0, 0.1) is 5.21 Å². The molecule has 18 heavy (non-hydrogen) atoms. The molecule has 94 valence electrons. The van der Waals surface area contributed by atoms with Crippen molar-refractivity contribution < 1.29 is 9.53 Å². The summed E-state index contributed by atoms with van der Waals surface area (Å²) in [7, 11) is 0. The molecule has 0 bridgehead atoms. The molecule has 5 heteroatoms. The van der Waals surface area contributed by atoms with E-state index in [1.165, 1.54) is 6.21 Å². The molecule has 0 fully saturated rings. The number of nitrogens with zero attached hydrogens (tertiary/aromatic N) is 3. The van der Waals surface area contributed by atoms with E-state index < -0.39 is 0 Å². The third-order valence-electron chi connectivity index (χ3n) is 2.27. The Bertz CT molecular complexity index is 553. The first kappa shape index (κ1) is 12.3. The molecule has 1 aromatic heterocycles. The molecule has 0 spiro atoms. The number of hydrogen-bond acceptors (Lipinski definition) is 4. The zero-order valence-corrected chi connectivity index (χ0v) is 10.6. The SMILES string of the molecule is CC(C)(C)N=Cc1c(-c2ccccc2)no[n+]1[O-]. The summed E-state index contributed by atoms with van der Waals surface area (Å²) in [6, 6.07) is 9.39. The normalized spacial score (nSPS) is 12.2. The van der Waals surface area contributed by atoms with Crippen LogP contribution in [0.1, 0.15) is 26.5 Å². The van der Waals surface area contributed by atoms with Gasteiger partial charge in [0.25, 0.3) is 5.69 Å². The Balaban J connectivity index is 2.43. The first-order valence-corrected chi connectivity index (χ1v) is 5.68. The lowest BCUT2D eigenvalue weighted by molar-refractivity contribution is -0.803. The van der Waals surface area contributed by atoms with Gasteiger partial charge in [0.2, 0.25) is 5.69 Å². The zero-order valence-electron chi connectivity index (χ0n) is 10.6. The number of aromatic nitrogens is 2. The average molecular weight is 245 g/mol. The Labute approximate surface area is 105 Å². The van der Waals surface area contributed by atoms with Gasteiger partial charge in [-0.3, -0.25) is 9.62 Å². The topological polar surface area (TPSA) is 65.3 Å². The fourth-order valence-electron chi connectivity index (χ4n) is 1.41. The predicted octanol–water partition coefficient (Wildman–Crippen LogP) is 2.19. The minimum absolute atomic E-state index is 0.252. The van der Waals surface area contributed by atoms with Crippen molar-refractivity contribution in [3.63, 3.8) is 0 Å². The van der Waals surface area contributed by atoms with Crippen molar-refractivity contribution in [2.75, 3.05) is 0 Å². The van der Waals surface area contributed by atoms with Gasteiger partial charge >= 0.3 is 0 Å². The molecule has 0 saturated heterocycles. The Kier molecular flexibility index (Phi) is 3.14. The van der Waals surface area contributed by atoms with Crippen LogP contribution in [0.15, 0.2) is 40.0 Å². The van der Waals surface area contributed by atoms with Crippen LogP contribution in [0.4, 0.5) is 0 Å². The van der Waals surface area contributed by atoms with Crippen LogP contribution < -0.4 is 4.90 Å². The number of rotatable bonds is 2. The predicted molar refractivity (Wildman–Crippen MR) is 68.2 cm³/mol. The standard InChI is InChI=1S/C13H15N3O2/c1-13(2,3)14-9-11-12(15-18-16(11)17)10-7-5-4-6-8-10/h4-9H,1-3H3. The van der Waals surface area contributed by atoms with Gasteiger partial charge in [-0.2, -0.15) is 0 Å². The Morgan fingerprint density at radius 2 is 1.94 bits per heavy atom. The smallest absolute Gasteiger partial charge is 0.257 e. The minimum Gasteiger partial charge on any atom is -0.359 e. The fourth-order valence-corrected chi connectivity index (χ4v) is 1.41. The maximum atomic E-state index is 11.5. The maximum Gasteiger partial charge on any atom is 0.257 e. The van der Waals surface area contributed by atoms with Crippen molar-refractivity contribution in [1.29, 1.82) is 0 Å². The van der Waals surface area contributed by atoms with Gasteiger partial charge in [0.15, 0.2) is 0 Å². The molecule has 0 amide bonds. The van der Waals surface area contributed by atoms with E-state index in [4.69, 9.17) is 0 Å². The van der Waals surface area contributed by atoms with Crippen LogP contribution >= 0.6 is 0 Å². The summed E-state index contributed by atoms with van der Waals surface area (Å²) in [6.07, 6.45) is 1.51. The lowest BCUT2D eigenvalue weighted by Crippen LogP contribution is -2.28. The second-order valence-electron chi connectivity index (χ2n) is 4.96. The molecule has 5 nitrogen and oxygen atoms in total. The second kappa shape index (κ2) is 4.60. The quantitative estimate of drug-likeness (QED) is 0.601. The van der Waals surface area contributed by atoms with E-state index in [0.717, 1.165) is 5.56 Å². The van der Waals surface area contributed by atoms with Crippen LogP contribution in [-0.4, -0.2) is 16.9 Å². The minimum atomic E-state index is -0.252. The molecular formula is C13H15N3O2. The highest BCUT2D eigenvalue weighted by atomic mass is 16.8. The van der Waals surface area contributed by atoms with E-state index in [0.29, 0.717) is 16.3 Å². The summed E-state index contributed by atoms with van der Waals surface area (Å²) in [4.78, 5) is 4.67. The van der Waals surface area contributed by atoms with Crippen molar-refractivity contribution in [3.8, 4) is 11.3 Å². The maximum absolute atomic E-state index is 11.5. The first-order chi connectivity index (χ1) is 8.47. The van der Waals surface area contributed by atoms with E-state index in [1.54, 1.807) is 0 Å². The van der Waals surface area contributed by atoms with Gasteiger partial charge in [0, 0.05) is 10.7 Å². The van der Waals surface area contributed by atoms with E-state index >= 15 is 0 Å². The van der Waals surface area contributed by atoms with Gasteiger partial charge < -0.3 is 5.21 Å². The van der Waals surface area contributed by atoms with Crippen molar-refractivity contribution in [1.82, 2.24) is 5.16 Å². The molecule has 2 aromatic rings. The van der Waals surface area contributed by atoms with Gasteiger partial charge in [0.1, 0.15) is 0 Å². The van der Waals surface area contributed by atoms with Crippen LogP contribution in [0.3, 0.4) is 0 Å². The molecular weight excluding hydrogens is 230 g/mol. The van der Waals surface area contributed by atoms with Crippen LogP contribution in [0.5, 0.6) is 0 Å². The molecule has 0 aliphatic carbocycles. The van der Waals surface area contributed by atoms with Gasteiger partial charge in [-0.05, 0) is 25.7 Å². The molecule has 0 N–H and O–H groups in total. The largest absolute Gasteiger partial charge is 0.359 e. The molecule has 2 rings (SSSR count). The zero-order chi connectivity index (χ0) is 13.2. The lowest BCUT2D eigenvalue weighted by atomic mass is 10.1. The number of aliphatic imine (C=N–C) groups is 1. The molecule has 0 aliphatic rings. The summed E-state index contributed by atoms with van der Waals surface area (Å²) in [5.74, 6) is 0. The third-order valence-corrected chi connectivity index (χ3v) is 2.27. The summed E-state index contributed by atoms with van der Waals surface area (Å²) in [5, 5.41) is 15.3. The van der Waals surface area contributed by atoms with E-state index in [9.17, 15) is 5.21 Å². The highest BCUT2D eigenvalue weighted by molar-refractivity contribution is 5.84. The van der Waals surface area contributed by atoms with Crippen molar-refractivity contribution in [3.05, 3.63) is 41.2 Å². The monoisotopic (exact) mass is 245 g/mol. The molecule has 0 radical (unpaired) electrons. The number of benzene rings is 1. The third kappa shape index (κ3) is 2.74. The van der Waals surface area contributed by atoms with Gasteiger partial charge in [-0.1, -0.05) is 30.3 Å². The number of hydrogen-bond donors (Lipinski definition) is 0. The Hall–Kier alpha value is -2.17. The molecule has 0 saturated carbocycles. The van der Waals surface area contributed by atoms with Gasteiger partial charge in [-0.25, -0.2) is 0 Å². The van der Waals surface area contributed by atoms with E-state index in [2.05, 4.69) is 14.8 Å². The van der Waals surface area contributed by atoms with Crippen LogP contribution in [-0.2, 0) is 0 Å². The molecule has 0 aliphatic heterocycles. The Morgan fingerprint density at radius 3 is 2.56 bits per heavy atom.